The number of carbonyl (C=O) groups is 2. The molecule has 0 bridgehead atoms. The Balaban J connectivity index is 1.85. The predicted octanol–water partition coefficient (Wildman–Crippen LogP) is 2.04. The highest BCUT2D eigenvalue weighted by Crippen LogP contribution is 2.20. The highest BCUT2D eigenvalue weighted by Gasteiger charge is 2.30. The summed E-state index contributed by atoms with van der Waals surface area (Å²) in [7, 11) is 1.64. The van der Waals surface area contributed by atoms with Gasteiger partial charge in [-0.05, 0) is 18.6 Å². The molecule has 2 N–H and O–H groups in total. The highest BCUT2D eigenvalue weighted by molar-refractivity contribution is 5.90. The Kier molecular flexibility index (Phi) is 6.22. The van der Waals surface area contributed by atoms with Crippen LogP contribution in [0.25, 0.3) is 0 Å². The van der Waals surface area contributed by atoms with Crippen LogP contribution in [0.15, 0.2) is 24.3 Å². The molecule has 1 fully saturated rings. The van der Waals surface area contributed by atoms with E-state index < -0.39 is 11.9 Å². The van der Waals surface area contributed by atoms with Crippen molar-refractivity contribution in [3.05, 3.63) is 24.3 Å². The minimum absolute atomic E-state index is 0.244. The maximum atomic E-state index is 12.2. The van der Waals surface area contributed by atoms with E-state index in [1.54, 1.807) is 25.3 Å². The molecule has 1 unspecified atom stereocenters. The molecule has 2 rings (SSSR count). The molecule has 1 heterocycles. The second-order valence-corrected chi connectivity index (χ2v) is 5.42. The van der Waals surface area contributed by atoms with Crippen molar-refractivity contribution in [3.8, 4) is 5.75 Å². The van der Waals surface area contributed by atoms with E-state index in [2.05, 4.69) is 5.32 Å². The Bertz CT molecular complexity index is 549. The van der Waals surface area contributed by atoms with Crippen molar-refractivity contribution < 1.29 is 24.2 Å². The number of nitrogens with one attached hydrogen (secondary N) is 1. The van der Waals surface area contributed by atoms with Crippen LogP contribution in [0.2, 0.25) is 0 Å². The standard InChI is InChI=1S/C16H22N2O5/c1-22-8-3-9-23-14-5-2-4-13(10-14)17-16(21)18-7-6-12(11-18)15(19)20/h2,4-5,10,12H,3,6-9,11H2,1H3,(H,17,21)(H,19,20). The van der Waals surface area contributed by atoms with Gasteiger partial charge in [-0.25, -0.2) is 4.79 Å². The number of hydrogen-bond acceptors (Lipinski definition) is 4. The fourth-order valence-corrected chi connectivity index (χ4v) is 2.41. The van der Waals surface area contributed by atoms with E-state index >= 15 is 0 Å². The van der Waals surface area contributed by atoms with Gasteiger partial charge in [0.15, 0.2) is 0 Å². The number of likely N-dealkylation sites (tertiary alicyclic amines) is 1. The van der Waals surface area contributed by atoms with Crippen LogP contribution in [-0.2, 0) is 9.53 Å². The Morgan fingerprint density at radius 2 is 2.22 bits per heavy atom. The molecule has 1 aromatic rings. The third-order valence-corrected chi connectivity index (χ3v) is 3.67. The van der Waals surface area contributed by atoms with Crippen molar-refractivity contribution in [3.63, 3.8) is 0 Å². The Hall–Kier alpha value is -2.28. The first-order valence-electron chi connectivity index (χ1n) is 7.60. The number of benzene rings is 1. The molecule has 1 atom stereocenters. The molecule has 1 aromatic carbocycles. The molecule has 1 aliphatic rings. The summed E-state index contributed by atoms with van der Waals surface area (Å²) in [5.41, 5.74) is 0.623. The number of carbonyl (C=O) groups excluding carboxylic acids is 1. The maximum Gasteiger partial charge on any atom is 0.321 e. The van der Waals surface area contributed by atoms with Crippen molar-refractivity contribution in [1.29, 1.82) is 0 Å². The van der Waals surface area contributed by atoms with E-state index in [4.69, 9.17) is 14.6 Å². The molecule has 2 amide bonds. The number of hydrogen-bond donors (Lipinski definition) is 2. The smallest absolute Gasteiger partial charge is 0.321 e. The van der Waals surface area contributed by atoms with Crippen LogP contribution in [0.3, 0.4) is 0 Å². The van der Waals surface area contributed by atoms with Gasteiger partial charge >= 0.3 is 12.0 Å². The Labute approximate surface area is 135 Å². The van der Waals surface area contributed by atoms with Crippen molar-refractivity contribution >= 4 is 17.7 Å². The third-order valence-electron chi connectivity index (χ3n) is 3.67. The summed E-state index contributed by atoms with van der Waals surface area (Å²) >= 11 is 0. The molecule has 0 radical (unpaired) electrons. The summed E-state index contributed by atoms with van der Waals surface area (Å²) in [4.78, 5) is 24.6. The van der Waals surface area contributed by atoms with Crippen LogP contribution in [-0.4, -0.2) is 55.4 Å². The van der Waals surface area contributed by atoms with Gasteiger partial charge < -0.3 is 24.8 Å². The molecule has 23 heavy (non-hydrogen) atoms. The van der Waals surface area contributed by atoms with Crippen molar-refractivity contribution in [2.75, 3.05) is 38.7 Å². The van der Waals surface area contributed by atoms with Crippen LogP contribution in [0, 0.1) is 5.92 Å². The SMILES string of the molecule is COCCCOc1cccc(NC(=O)N2CCC(C(=O)O)C2)c1. The lowest BCUT2D eigenvalue weighted by Gasteiger charge is -2.17. The summed E-state index contributed by atoms with van der Waals surface area (Å²) in [5, 5.41) is 11.8. The molecule has 0 aromatic heterocycles. The molecule has 7 nitrogen and oxygen atoms in total. The van der Waals surface area contributed by atoms with Crippen LogP contribution in [0.1, 0.15) is 12.8 Å². The molecule has 126 valence electrons. The average molecular weight is 322 g/mol. The van der Waals surface area contributed by atoms with Gasteiger partial charge in [-0.1, -0.05) is 6.07 Å². The molecule has 0 spiro atoms. The first kappa shape index (κ1) is 17.1. The molecular weight excluding hydrogens is 300 g/mol. The molecule has 0 aliphatic carbocycles. The van der Waals surface area contributed by atoms with Gasteiger partial charge in [0.2, 0.25) is 0 Å². The number of carboxylic acids is 1. The van der Waals surface area contributed by atoms with E-state index in [0.717, 1.165) is 6.42 Å². The minimum Gasteiger partial charge on any atom is -0.493 e. The quantitative estimate of drug-likeness (QED) is 0.750. The number of urea groups is 1. The summed E-state index contributed by atoms with van der Waals surface area (Å²) in [6, 6.07) is 6.84. The summed E-state index contributed by atoms with van der Waals surface area (Å²) in [6.45, 7) is 1.87. The normalized spacial score (nSPS) is 17.1. The number of ether oxygens (including phenoxy) is 2. The highest BCUT2D eigenvalue weighted by atomic mass is 16.5. The minimum atomic E-state index is -0.855. The number of nitrogens with zero attached hydrogens (tertiary/aromatic N) is 1. The molecular formula is C16H22N2O5. The van der Waals surface area contributed by atoms with E-state index in [1.807, 2.05) is 6.07 Å². The lowest BCUT2D eigenvalue weighted by Crippen LogP contribution is -2.33. The predicted molar refractivity (Wildman–Crippen MR) is 84.8 cm³/mol. The van der Waals surface area contributed by atoms with Crippen LogP contribution in [0.5, 0.6) is 5.75 Å². The van der Waals surface area contributed by atoms with Gasteiger partial charge in [-0.3, -0.25) is 4.79 Å². The number of rotatable bonds is 7. The lowest BCUT2D eigenvalue weighted by atomic mass is 10.1. The average Bonchev–Trinajstić information content (AvgIpc) is 3.02. The molecule has 7 heteroatoms. The zero-order valence-corrected chi connectivity index (χ0v) is 13.2. The topological polar surface area (TPSA) is 88.1 Å². The zero-order valence-electron chi connectivity index (χ0n) is 13.2. The van der Waals surface area contributed by atoms with E-state index in [0.29, 0.717) is 37.6 Å². The van der Waals surface area contributed by atoms with E-state index in [-0.39, 0.29) is 12.6 Å². The molecule has 1 saturated heterocycles. The van der Waals surface area contributed by atoms with Crippen molar-refractivity contribution in [1.82, 2.24) is 4.90 Å². The first-order chi connectivity index (χ1) is 11.1. The van der Waals surface area contributed by atoms with Crippen molar-refractivity contribution in [2.24, 2.45) is 5.92 Å². The maximum absolute atomic E-state index is 12.2. The van der Waals surface area contributed by atoms with Gasteiger partial charge in [0.1, 0.15) is 5.75 Å². The molecule has 1 aliphatic heterocycles. The first-order valence-corrected chi connectivity index (χ1v) is 7.60. The fraction of sp³-hybridized carbons (Fsp3) is 0.500. The van der Waals surface area contributed by atoms with Crippen LogP contribution in [0.4, 0.5) is 10.5 Å². The van der Waals surface area contributed by atoms with Gasteiger partial charge in [0.25, 0.3) is 0 Å². The number of anilines is 1. The summed E-state index contributed by atoms with van der Waals surface area (Å²) in [6.07, 6.45) is 1.28. The lowest BCUT2D eigenvalue weighted by molar-refractivity contribution is -0.141. The van der Waals surface area contributed by atoms with E-state index in [1.165, 1.54) is 4.90 Å². The van der Waals surface area contributed by atoms with Gasteiger partial charge in [0, 0.05) is 45.0 Å². The monoisotopic (exact) mass is 322 g/mol. The number of carboxylic acid groups (broad SMARTS) is 1. The van der Waals surface area contributed by atoms with E-state index in [9.17, 15) is 9.59 Å². The van der Waals surface area contributed by atoms with Gasteiger partial charge in [-0.2, -0.15) is 0 Å². The third kappa shape index (κ3) is 5.14. The van der Waals surface area contributed by atoms with Gasteiger partial charge in [0.05, 0.1) is 12.5 Å². The van der Waals surface area contributed by atoms with Gasteiger partial charge in [-0.15, -0.1) is 0 Å². The molecule has 0 saturated carbocycles. The summed E-state index contributed by atoms with van der Waals surface area (Å²) in [5.74, 6) is -0.660. The Morgan fingerprint density at radius 3 is 2.91 bits per heavy atom. The van der Waals surface area contributed by atoms with Crippen molar-refractivity contribution in [2.45, 2.75) is 12.8 Å². The number of aliphatic carboxylic acids is 1. The number of methoxy groups -OCH3 is 1. The largest absolute Gasteiger partial charge is 0.493 e. The van der Waals surface area contributed by atoms with Crippen LogP contribution < -0.4 is 10.1 Å². The van der Waals surface area contributed by atoms with Crippen LogP contribution >= 0.6 is 0 Å². The second-order valence-electron chi connectivity index (χ2n) is 5.42. The Morgan fingerprint density at radius 1 is 1.39 bits per heavy atom. The fourth-order valence-electron chi connectivity index (χ4n) is 2.41. The second kappa shape index (κ2) is 8.38. The number of amides is 2. The zero-order chi connectivity index (χ0) is 16.7. The summed E-state index contributed by atoms with van der Waals surface area (Å²) < 4.78 is 10.5.